The van der Waals surface area contributed by atoms with E-state index < -0.39 is 0 Å². The van der Waals surface area contributed by atoms with Crippen LogP contribution in [0, 0.1) is 12.8 Å². The fraction of sp³-hybridized carbons (Fsp3) is 0.632. The molecule has 3 N–H and O–H groups in total. The molecule has 4 heteroatoms. The zero-order chi connectivity index (χ0) is 16.2. The highest BCUT2D eigenvalue weighted by Crippen LogP contribution is 2.32. The van der Waals surface area contributed by atoms with Crippen LogP contribution in [0.3, 0.4) is 0 Å². The van der Waals surface area contributed by atoms with Crippen LogP contribution in [0.5, 0.6) is 0 Å². The molecule has 0 radical (unpaired) electrons. The summed E-state index contributed by atoms with van der Waals surface area (Å²) in [6, 6.07) is 9.19. The Balaban J connectivity index is 1.38. The van der Waals surface area contributed by atoms with Crippen LogP contribution in [0.2, 0.25) is 0 Å². The van der Waals surface area contributed by atoms with Crippen molar-refractivity contribution in [2.75, 3.05) is 32.7 Å². The molecule has 1 saturated heterocycles. The molecule has 23 heavy (non-hydrogen) atoms. The second kappa shape index (κ2) is 7.45. The molecule has 2 fully saturated rings. The van der Waals surface area contributed by atoms with Crippen molar-refractivity contribution in [2.24, 2.45) is 5.92 Å². The molecule has 1 amide bonds. The molecule has 1 aromatic carbocycles. The van der Waals surface area contributed by atoms with Gasteiger partial charge in [0.05, 0.1) is 0 Å². The number of hydrogen-bond donors (Lipinski definition) is 3. The van der Waals surface area contributed by atoms with Crippen LogP contribution in [0.4, 0.5) is 0 Å². The second-order valence-electron chi connectivity index (χ2n) is 7.54. The van der Waals surface area contributed by atoms with Crippen LogP contribution in [0.15, 0.2) is 24.3 Å². The van der Waals surface area contributed by atoms with E-state index in [1.807, 2.05) is 0 Å². The fourth-order valence-corrected chi connectivity index (χ4v) is 3.67. The first-order valence-electron chi connectivity index (χ1n) is 9.12. The third kappa shape index (κ3) is 5.05. The summed E-state index contributed by atoms with van der Waals surface area (Å²) in [4.78, 5) is 15.2. The van der Waals surface area contributed by atoms with Crippen molar-refractivity contribution < 1.29 is 14.6 Å². The largest absolute Gasteiger partial charge is 0.348 e. The van der Waals surface area contributed by atoms with Crippen LogP contribution in [-0.2, 0) is 11.3 Å². The number of rotatable bonds is 6. The molecule has 126 valence electrons. The number of amides is 1. The van der Waals surface area contributed by atoms with Crippen molar-refractivity contribution in [3.8, 4) is 0 Å². The summed E-state index contributed by atoms with van der Waals surface area (Å²) in [5.41, 5.74) is 2.77. The summed E-state index contributed by atoms with van der Waals surface area (Å²) >= 11 is 0. The van der Waals surface area contributed by atoms with Crippen LogP contribution < -0.4 is 15.1 Å². The number of quaternary nitrogens is 2. The van der Waals surface area contributed by atoms with E-state index in [0.29, 0.717) is 12.6 Å². The Labute approximate surface area is 139 Å². The quantitative estimate of drug-likeness (QED) is 0.631. The molecule has 3 rings (SSSR count). The number of nitrogens with one attached hydrogen (secondary N) is 3. The maximum absolute atomic E-state index is 12.1. The van der Waals surface area contributed by atoms with Crippen LogP contribution in [0.25, 0.3) is 0 Å². The Morgan fingerprint density at radius 2 is 1.91 bits per heavy atom. The summed E-state index contributed by atoms with van der Waals surface area (Å²) in [7, 11) is 0. The van der Waals surface area contributed by atoms with Gasteiger partial charge in [0.25, 0.3) is 5.91 Å². The molecule has 1 atom stereocenters. The van der Waals surface area contributed by atoms with Gasteiger partial charge in [-0.1, -0.05) is 29.8 Å². The van der Waals surface area contributed by atoms with Crippen LogP contribution in [-0.4, -0.2) is 44.7 Å². The third-order valence-corrected chi connectivity index (χ3v) is 5.33. The number of aryl methyl sites for hydroxylation is 1. The lowest BCUT2D eigenvalue weighted by Crippen LogP contribution is -3.28. The Morgan fingerprint density at radius 3 is 2.57 bits per heavy atom. The molecule has 1 heterocycles. The third-order valence-electron chi connectivity index (χ3n) is 5.33. The molecule has 4 nitrogen and oxygen atoms in total. The first-order valence-corrected chi connectivity index (χ1v) is 9.12. The minimum atomic E-state index is 0.238. The van der Waals surface area contributed by atoms with Gasteiger partial charge in [-0.25, -0.2) is 0 Å². The highest BCUT2D eigenvalue weighted by Gasteiger charge is 2.30. The maximum atomic E-state index is 12.1. The van der Waals surface area contributed by atoms with Crippen molar-refractivity contribution in [3.05, 3.63) is 35.4 Å². The highest BCUT2D eigenvalue weighted by molar-refractivity contribution is 5.77. The van der Waals surface area contributed by atoms with Crippen molar-refractivity contribution in [3.63, 3.8) is 0 Å². The average molecular weight is 317 g/mol. The molecule has 0 unspecified atom stereocenters. The highest BCUT2D eigenvalue weighted by atomic mass is 16.2. The zero-order valence-corrected chi connectivity index (χ0v) is 14.5. The minimum Gasteiger partial charge on any atom is -0.348 e. The summed E-state index contributed by atoms with van der Waals surface area (Å²) in [6.45, 7) is 10.6. The van der Waals surface area contributed by atoms with Gasteiger partial charge in [0.2, 0.25) is 0 Å². The molecule has 1 saturated carbocycles. The summed E-state index contributed by atoms with van der Waals surface area (Å²) in [5, 5.41) is 3.18. The van der Waals surface area contributed by atoms with E-state index >= 15 is 0 Å². The summed E-state index contributed by atoms with van der Waals surface area (Å²) in [6.07, 6.45) is 2.57. The lowest BCUT2D eigenvalue weighted by atomic mass is 10.1. The molecule has 0 spiro atoms. The van der Waals surface area contributed by atoms with Crippen molar-refractivity contribution >= 4 is 5.91 Å². The molecule has 0 bridgehead atoms. The zero-order valence-electron chi connectivity index (χ0n) is 14.5. The van der Waals surface area contributed by atoms with Gasteiger partial charge in [-0.3, -0.25) is 4.79 Å². The predicted molar refractivity (Wildman–Crippen MR) is 91.5 cm³/mol. The number of carbonyl (C=O) groups excluding carboxylic acids is 1. The number of hydrogen-bond acceptors (Lipinski definition) is 1. The molecular weight excluding hydrogens is 286 g/mol. The Bertz CT molecular complexity index is 533. The number of benzene rings is 1. The van der Waals surface area contributed by atoms with Gasteiger partial charge in [0.15, 0.2) is 6.54 Å². The normalized spacial score (nSPS) is 25.8. The molecule has 1 aromatic rings. The Morgan fingerprint density at radius 1 is 1.22 bits per heavy atom. The topological polar surface area (TPSA) is 38.0 Å². The fourth-order valence-electron chi connectivity index (χ4n) is 3.67. The van der Waals surface area contributed by atoms with Gasteiger partial charge in [0, 0.05) is 11.6 Å². The molecule has 1 aliphatic heterocycles. The van der Waals surface area contributed by atoms with Crippen molar-refractivity contribution in [1.29, 1.82) is 0 Å². The number of carbonyl (C=O) groups is 1. The summed E-state index contributed by atoms with van der Waals surface area (Å²) < 4.78 is 0. The van der Waals surface area contributed by atoms with E-state index in [-0.39, 0.29) is 5.91 Å². The van der Waals surface area contributed by atoms with Gasteiger partial charge in [-0.15, -0.1) is 0 Å². The first-order chi connectivity index (χ1) is 11.1. The lowest BCUT2D eigenvalue weighted by Gasteiger charge is -2.29. The number of piperazine rings is 1. The lowest BCUT2D eigenvalue weighted by molar-refractivity contribution is -1.02. The van der Waals surface area contributed by atoms with Gasteiger partial charge in [0.1, 0.15) is 32.7 Å². The van der Waals surface area contributed by atoms with Crippen LogP contribution >= 0.6 is 0 Å². The van der Waals surface area contributed by atoms with Crippen LogP contribution in [0.1, 0.15) is 30.9 Å². The van der Waals surface area contributed by atoms with E-state index in [9.17, 15) is 4.79 Å². The Kier molecular flexibility index (Phi) is 5.34. The van der Waals surface area contributed by atoms with E-state index in [2.05, 4.69) is 43.4 Å². The molecular formula is C19H31N3O+2. The predicted octanol–water partition coefficient (Wildman–Crippen LogP) is -0.807. The average Bonchev–Trinajstić information content (AvgIpc) is 3.34. The maximum Gasteiger partial charge on any atom is 0.275 e. The van der Waals surface area contributed by atoms with Crippen molar-refractivity contribution in [2.45, 2.75) is 39.3 Å². The van der Waals surface area contributed by atoms with Gasteiger partial charge >= 0.3 is 0 Å². The smallest absolute Gasteiger partial charge is 0.275 e. The van der Waals surface area contributed by atoms with Gasteiger partial charge in [-0.05, 0) is 32.6 Å². The van der Waals surface area contributed by atoms with Gasteiger partial charge in [-0.2, -0.15) is 0 Å². The molecule has 0 aromatic heterocycles. The first kappa shape index (κ1) is 16.5. The van der Waals surface area contributed by atoms with Crippen molar-refractivity contribution in [1.82, 2.24) is 5.32 Å². The standard InChI is InChI=1S/C19H29N3O/c1-15-4-3-5-17(12-15)13-21-8-10-22(11-9-21)14-19(23)20-16(2)18-6-7-18/h3-5,12,16,18H,6-11,13-14H2,1-2H3,(H,20,23)/p+2/t16-/m1/s1. The Hall–Kier alpha value is -1.39. The monoisotopic (exact) mass is 317 g/mol. The molecule has 1 aliphatic carbocycles. The van der Waals surface area contributed by atoms with E-state index in [0.717, 1.165) is 38.6 Å². The van der Waals surface area contributed by atoms with E-state index in [1.54, 1.807) is 4.90 Å². The van der Waals surface area contributed by atoms with E-state index in [4.69, 9.17) is 0 Å². The second-order valence-corrected chi connectivity index (χ2v) is 7.54. The summed E-state index contributed by atoms with van der Waals surface area (Å²) in [5.74, 6) is 0.978. The molecule has 2 aliphatic rings. The minimum absolute atomic E-state index is 0.238. The van der Waals surface area contributed by atoms with E-state index in [1.165, 1.54) is 28.9 Å². The SMILES string of the molecule is Cc1cccc(C[NH+]2CC[NH+](CC(=O)N[C@H](C)C3CC3)CC2)c1. The van der Waals surface area contributed by atoms with Gasteiger partial charge < -0.3 is 15.1 Å².